The molecule has 2 fully saturated rings. The minimum Gasteiger partial charge on any atom is -0.338 e. The molecule has 1 N–H and O–H groups in total. The van der Waals surface area contributed by atoms with Gasteiger partial charge in [-0.05, 0) is 62.3 Å². The molecule has 29 heavy (non-hydrogen) atoms. The Kier molecular flexibility index (Phi) is 6.19. The largest absolute Gasteiger partial charge is 0.338 e. The summed E-state index contributed by atoms with van der Waals surface area (Å²) in [5, 5.41) is 5.96. The van der Waals surface area contributed by atoms with Gasteiger partial charge in [0.15, 0.2) is 0 Å². The first-order valence-corrected chi connectivity index (χ1v) is 11.8. The maximum absolute atomic E-state index is 12.6. The summed E-state index contributed by atoms with van der Waals surface area (Å²) in [5.41, 5.74) is 1.62. The highest BCUT2D eigenvalue weighted by molar-refractivity contribution is 7.09. The van der Waals surface area contributed by atoms with Gasteiger partial charge in [-0.2, -0.15) is 0 Å². The summed E-state index contributed by atoms with van der Waals surface area (Å²) in [6, 6.07) is 13.5. The smallest absolute Gasteiger partial charge is 0.317 e. The highest BCUT2D eigenvalue weighted by Gasteiger charge is 2.54. The molecule has 1 atom stereocenters. The van der Waals surface area contributed by atoms with Crippen molar-refractivity contribution < 1.29 is 4.79 Å². The Morgan fingerprint density at radius 1 is 1.24 bits per heavy atom. The van der Waals surface area contributed by atoms with Gasteiger partial charge in [-0.3, -0.25) is 4.90 Å². The number of piperidine rings is 1. The number of urea groups is 1. The van der Waals surface area contributed by atoms with Gasteiger partial charge in [0.2, 0.25) is 0 Å². The van der Waals surface area contributed by atoms with Crippen molar-refractivity contribution in [2.75, 3.05) is 26.2 Å². The Labute approximate surface area is 182 Å². The molecular weight excluding hydrogens is 402 g/mol. The van der Waals surface area contributed by atoms with Crippen LogP contribution < -0.4 is 5.32 Å². The van der Waals surface area contributed by atoms with Crippen LogP contribution in [0.1, 0.15) is 43.2 Å². The van der Waals surface area contributed by atoms with E-state index in [9.17, 15) is 4.79 Å². The molecule has 3 heterocycles. The van der Waals surface area contributed by atoms with E-state index in [0.29, 0.717) is 18.6 Å². The number of nitrogens with one attached hydrogen (secondary N) is 1. The number of nitrogens with zero attached hydrogens (tertiary/aromatic N) is 2. The third-order valence-electron chi connectivity index (χ3n) is 6.53. The van der Waals surface area contributed by atoms with Gasteiger partial charge in [-0.1, -0.05) is 29.8 Å². The third kappa shape index (κ3) is 4.32. The SMILES string of the molecule is CC(C)N1CC2(CCN(C(=O)NCCc3cccs3)CC2)C1c1ccc(Cl)cc1. The Balaban J connectivity index is 1.35. The van der Waals surface area contributed by atoms with Crippen molar-refractivity contribution in [3.05, 3.63) is 57.2 Å². The van der Waals surface area contributed by atoms with Gasteiger partial charge in [0, 0.05) is 53.6 Å². The highest BCUT2D eigenvalue weighted by atomic mass is 35.5. The van der Waals surface area contributed by atoms with E-state index in [2.05, 4.69) is 53.7 Å². The molecule has 0 bridgehead atoms. The summed E-state index contributed by atoms with van der Waals surface area (Å²) in [4.78, 5) is 18.5. The average molecular weight is 432 g/mol. The number of hydrogen-bond donors (Lipinski definition) is 1. The predicted molar refractivity (Wildman–Crippen MR) is 121 cm³/mol. The number of rotatable bonds is 5. The molecule has 4 rings (SSSR count). The van der Waals surface area contributed by atoms with Crippen LogP contribution in [0.4, 0.5) is 4.79 Å². The van der Waals surface area contributed by atoms with Crippen molar-refractivity contribution in [3.8, 4) is 0 Å². The maximum atomic E-state index is 12.6. The van der Waals surface area contributed by atoms with E-state index in [-0.39, 0.29) is 11.4 Å². The lowest BCUT2D eigenvalue weighted by atomic mass is 9.62. The molecule has 0 radical (unpaired) electrons. The molecule has 1 unspecified atom stereocenters. The first-order chi connectivity index (χ1) is 14.0. The van der Waals surface area contributed by atoms with Crippen molar-refractivity contribution in [2.24, 2.45) is 5.41 Å². The van der Waals surface area contributed by atoms with E-state index >= 15 is 0 Å². The van der Waals surface area contributed by atoms with Crippen molar-refractivity contribution in [3.63, 3.8) is 0 Å². The Bertz CT molecular complexity index is 813. The number of hydrogen-bond acceptors (Lipinski definition) is 3. The van der Waals surface area contributed by atoms with Crippen LogP contribution in [-0.2, 0) is 6.42 Å². The number of thiophene rings is 1. The van der Waals surface area contributed by atoms with Gasteiger partial charge < -0.3 is 10.2 Å². The van der Waals surface area contributed by atoms with Gasteiger partial charge in [-0.15, -0.1) is 11.3 Å². The quantitative estimate of drug-likeness (QED) is 0.706. The van der Waals surface area contributed by atoms with E-state index in [0.717, 1.165) is 43.9 Å². The third-order valence-corrected chi connectivity index (χ3v) is 7.72. The zero-order valence-corrected chi connectivity index (χ0v) is 18.8. The van der Waals surface area contributed by atoms with E-state index < -0.39 is 0 Å². The van der Waals surface area contributed by atoms with Crippen molar-refractivity contribution in [1.82, 2.24) is 15.1 Å². The molecule has 1 spiro atoms. The molecule has 2 amide bonds. The molecule has 2 aromatic rings. The first kappa shape index (κ1) is 20.7. The zero-order valence-electron chi connectivity index (χ0n) is 17.2. The van der Waals surface area contributed by atoms with Gasteiger partial charge in [0.25, 0.3) is 0 Å². The fourth-order valence-electron chi connectivity index (χ4n) is 4.90. The zero-order chi connectivity index (χ0) is 20.4. The highest BCUT2D eigenvalue weighted by Crippen LogP contribution is 2.55. The normalized spacial score (nSPS) is 21.4. The van der Waals surface area contributed by atoms with Crippen LogP contribution in [0.25, 0.3) is 0 Å². The minimum atomic E-state index is 0.0829. The van der Waals surface area contributed by atoms with Crippen LogP contribution in [0.5, 0.6) is 0 Å². The summed E-state index contributed by atoms with van der Waals surface area (Å²) in [5.74, 6) is 0. The van der Waals surface area contributed by atoms with Crippen molar-refractivity contribution >= 4 is 29.0 Å². The lowest BCUT2D eigenvalue weighted by Crippen LogP contribution is -2.64. The number of carbonyl (C=O) groups is 1. The van der Waals surface area contributed by atoms with Crippen LogP contribution in [0.3, 0.4) is 0 Å². The molecule has 0 aliphatic carbocycles. The fourth-order valence-corrected chi connectivity index (χ4v) is 5.73. The number of benzene rings is 1. The molecule has 0 saturated carbocycles. The molecule has 2 aliphatic heterocycles. The minimum absolute atomic E-state index is 0.0829. The van der Waals surface area contributed by atoms with E-state index in [4.69, 9.17) is 11.6 Å². The molecule has 2 aliphatic rings. The van der Waals surface area contributed by atoms with E-state index in [1.165, 1.54) is 10.4 Å². The Morgan fingerprint density at radius 2 is 1.97 bits per heavy atom. The van der Waals surface area contributed by atoms with E-state index in [1.54, 1.807) is 11.3 Å². The van der Waals surface area contributed by atoms with Gasteiger partial charge in [0.1, 0.15) is 0 Å². The van der Waals surface area contributed by atoms with E-state index in [1.807, 2.05) is 17.0 Å². The maximum Gasteiger partial charge on any atom is 0.317 e. The topological polar surface area (TPSA) is 35.6 Å². The van der Waals surface area contributed by atoms with Gasteiger partial charge in [-0.25, -0.2) is 4.79 Å². The van der Waals surface area contributed by atoms with Crippen LogP contribution in [-0.4, -0.2) is 48.1 Å². The summed E-state index contributed by atoms with van der Waals surface area (Å²) < 4.78 is 0. The van der Waals surface area contributed by atoms with Crippen molar-refractivity contribution in [1.29, 1.82) is 0 Å². The van der Waals surface area contributed by atoms with Gasteiger partial charge in [0.05, 0.1) is 0 Å². The summed E-state index contributed by atoms with van der Waals surface area (Å²) in [6.45, 7) is 8.03. The Hall–Kier alpha value is -1.56. The number of amides is 2. The van der Waals surface area contributed by atoms with Crippen LogP contribution in [0.15, 0.2) is 41.8 Å². The summed E-state index contributed by atoms with van der Waals surface area (Å²) in [7, 11) is 0. The number of likely N-dealkylation sites (tertiary alicyclic amines) is 2. The summed E-state index contributed by atoms with van der Waals surface area (Å²) >= 11 is 7.86. The lowest BCUT2D eigenvalue weighted by Gasteiger charge is -2.62. The number of carbonyl (C=O) groups excluding carboxylic acids is 1. The fraction of sp³-hybridized carbons (Fsp3) is 0.522. The molecule has 4 nitrogen and oxygen atoms in total. The first-order valence-electron chi connectivity index (χ1n) is 10.5. The second-order valence-electron chi connectivity index (χ2n) is 8.63. The molecule has 1 aromatic carbocycles. The standard InChI is InChI=1S/C23H30ClN3OS/c1-17(2)27-16-23(21(27)18-5-7-19(24)8-6-18)10-13-26(14-11-23)22(28)25-12-9-20-4-3-15-29-20/h3-8,15,17,21H,9-14,16H2,1-2H3,(H,25,28). The second kappa shape index (κ2) is 8.66. The van der Waals surface area contributed by atoms with Crippen LogP contribution in [0.2, 0.25) is 5.02 Å². The monoisotopic (exact) mass is 431 g/mol. The summed E-state index contributed by atoms with van der Waals surface area (Å²) in [6.07, 6.45) is 3.02. The van der Waals surface area contributed by atoms with Gasteiger partial charge >= 0.3 is 6.03 Å². The molecule has 156 valence electrons. The van der Waals surface area contributed by atoms with Crippen LogP contribution in [0, 0.1) is 5.41 Å². The molecular formula is C23H30ClN3OS. The molecule has 6 heteroatoms. The average Bonchev–Trinajstić information content (AvgIpc) is 3.21. The molecule has 2 saturated heterocycles. The predicted octanol–water partition coefficient (Wildman–Crippen LogP) is 5.20. The van der Waals surface area contributed by atoms with Crippen LogP contribution >= 0.6 is 22.9 Å². The molecule has 1 aromatic heterocycles. The number of halogens is 1. The Morgan fingerprint density at radius 3 is 2.59 bits per heavy atom. The lowest BCUT2D eigenvalue weighted by molar-refractivity contribution is -0.123. The van der Waals surface area contributed by atoms with Crippen molar-refractivity contribution in [2.45, 2.75) is 45.2 Å². The second-order valence-corrected chi connectivity index (χ2v) is 10.1.